The topological polar surface area (TPSA) is 69.4 Å². The number of amides is 1. The highest BCUT2D eigenvalue weighted by Gasteiger charge is 2.05. The molecule has 0 atom stereocenters. The van der Waals surface area contributed by atoms with E-state index in [1.54, 1.807) is 18.2 Å². The van der Waals surface area contributed by atoms with Crippen LogP contribution in [-0.4, -0.2) is 18.3 Å². The molecule has 0 heterocycles. The van der Waals surface area contributed by atoms with Gasteiger partial charge in [0.25, 0.3) is 0 Å². The van der Waals surface area contributed by atoms with Gasteiger partial charge in [-0.15, -0.1) is 0 Å². The maximum atomic E-state index is 11.2. The number of hydrogen-bond donors (Lipinski definition) is 1. The molecule has 0 aliphatic heterocycles. The Kier molecular flexibility index (Phi) is 4.05. The van der Waals surface area contributed by atoms with Gasteiger partial charge in [0, 0.05) is 5.56 Å². The van der Waals surface area contributed by atoms with Gasteiger partial charge in [0.15, 0.2) is 5.78 Å². The van der Waals surface area contributed by atoms with Crippen molar-refractivity contribution < 1.29 is 14.3 Å². The van der Waals surface area contributed by atoms with Gasteiger partial charge in [0.2, 0.25) is 5.91 Å². The molecule has 1 rings (SSSR count). The number of rotatable bonds is 5. The average Bonchev–Trinajstić information content (AvgIpc) is 2.16. The zero-order valence-electron chi connectivity index (χ0n) is 9.45. The van der Waals surface area contributed by atoms with Gasteiger partial charge >= 0.3 is 0 Å². The summed E-state index contributed by atoms with van der Waals surface area (Å²) >= 11 is 0. The zero-order chi connectivity index (χ0) is 12.1. The first-order valence-electron chi connectivity index (χ1n) is 5.03. The first-order valence-corrected chi connectivity index (χ1v) is 5.03. The lowest BCUT2D eigenvalue weighted by Crippen LogP contribution is -2.14. The van der Waals surface area contributed by atoms with Crippen LogP contribution in [0.5, 0.6) is 5.75 Å². The first kappa shape index (κ1) is 12.2. The van der Waals surface area contributed by atoms with Gasteiger partial charge in [-0.3, -0.25) is 9.59 Å². The molecule has 0 saturated carbocycles. The standard InChI is InChI=1S/C12H15NO3/c1-8-7-10(16-6-5-12(13)15)3-4-11(8)9(2)14/h3-4,7H,5-6H2,1-2H3,(H2,13,15). The van der Waals surface area contributed by atoms with E-state index in [9.17, 15) is 9.59 Å². The Morgan fingerprint density at radius 1 is 1.38 bits per heavy atom. The smallest absolute Gasteiger partial charge is 0.220 e. The van der Waals surface area contributed by atoms with E-state index in [-0.39, 0.29) is 18.8 Å². The number of carbonyl (C=O) groups excluding carboxylic acids is 2. The lowest BCUT2D eigenvalue weighted by atomic mass is 10.1. The highest BCUT2D eigenvalue weighted by atomic mass is 16.5. The van der Waals surface area contributed by atoms with Crippen LogP contribution in [0.2, 0.25) is 0 Å². The van der Waals surface area contributed by atoms with E-state index < -0.39 is 5.91 Å². The number of Topliss-reactive ketones (excluding diaryl/α,β-unsaturated/α-hetero) is 1. The fraction of sp³-hybridized carbons (Fsp3) is 0.333. The van der Waals surface area contributed by atoms with Gasteiger partial charge in [-0.1, -0.05) is 0 Å². The Morgan fingerprint density at radius 3 is 2.56 bits per heavy atom. The molecule has 86 valence electrons. The summed E-state index contributed by atoms with van der Waals surface area (Å²) in [5.74, 6) is 0.280. The van der Waals surface area contributed by atoms with Crippen molar-refractivity contribution >= 4 is 11.7 Å². The van der Waals surface area contributed by atoms with Crippen molar-refractivity contribution in [1.82, 2.24) is 0 Å². The number of ketones is 1. The van der Waals surface area contributed by atoms with E-state index in [0.29, 0.717) is 11.3 Å². The predicted octanol–water partition coefficient (Wildman–Crippen LogP) is 1.45. The van der Waals surface area contributed by atoms with Crippen LogP contribution in [0.4, 0.5) is 0 Å². The van der Waals surface area contributed by atoms with Gasteiger partial charge < -0.3 is 10.5 Å². The van der Waals surface area contributed by atoms with E-state index in [1.165, 1.54) is 6.92 Å². The van der Waals surface area contributed by atoms with Gasteiger partial charge in [0.05, 0.1) is 13.0 Å². The SMILES string of the molecule is CC(=O)c1ccc(OCCC(N)=O)cc1C. The maximum Gasteiger partial charge on any atom is 0.220 e. The summed E-state index contributed by atoms with van der Waals surface area (Å²) in [4.78, 5) is 21.7. The summed E-state index contributed by atoms with van der Waals surface area (Å²) in [6.07, 6.45) is 0.188. The zero-order valence-corrected chi connectivity index (χ0v) is 9.45. The van der Waals surface area contributed by atoms with Crippen LogP contribution in [0.25, 0.3) is 0 Å². The van der Waals surface area contributed by atoms with Gasteiger partial charge in [0.1, 0.15) is 5.75 Å². The Labute approximate surface area is 94.4 Å². The monoisotopic (exact) mass is 221 g/mol. The molecule has 0 aliphatic rings. The normalized spacial score (nSPS) is 9.88. The maximum absolute atomic E-state index is 11.2. The van der Waals surface area contributed by atoms with Crippen LogP contribution < -0.4 is 10.5 Å². The highest BCUT2D eigenvalue weighted by molar-refractivity contribution is 5.95. The second-order valence-electron chi connectivity index (χ2n) is 3.60. The van der Waals surface area contributed by atoms with Crippen molar-refractivity contribution in [1.29, 1.82) is 0 Å². The number of ether oxygens (including phenoxy) is 1. The van der Waals surface area contributed by atoms with Gasteiger partial charge in [-0.25, -0.2) is 0 Å². The molecule has 4 heteroatoms. The van der Waals surface area contributed by atoms with E-state index >= 15 is 0 Å². The number of primary amides is 1. The predicted molar refractivity (Wildman–Crippen MR) is 60.5 cm³/mol. The number of carbonyl (C=O) groups is 2. The molecule has 1 amide bonds. The Bertz CT molecular complexity index is 413. The summed E-state index contributed by atoms with van der Waals surface area (Å²) in [6, 6.07) is 5.21. The van der Waals surface area contributed by atoms with Crippen molar-refractivity contribution in [3.05, 3.63) is 29.3 Å². The molecule has 0 radical (unpaired) electrons. The van der Waals surface area contributed by atoms with Gasteiger partial charge in [-0.2, -0.15) is 0 Å². The highest BCUT2D eigenvalue weighted by Crippen LogP contribution is 2.17. The molecule has 0 spiro atoms. The van der Waals surface area contributed by atoms with Crippen LogP contribution in [0.15, 0.2) is 18.2 Å². The van der Waals surface area contributed by atoms with E-state index in [4.69, 9.17) is 10.5 Å². The van der Waals surface area contributed by atoms with E-state index in [2.05, 4.69) is 0 Å². The van der Waals surface area contributed by atoms with Gasteiger partial charge in [-0.05, 0) is 37.6 Å². The van der Waals surface area contributed by atoms with Crippen LogP contribution in [-0.2, 0) is 4.79 Å². The summed E-state index contributed by atoms with van der Waals surface area (Å²) in [5, 5.41) is 0. The second-order valence-corrected chi connectivity index (χ2v) is 3.60. The lowest BCUT2D eigenvalue weighted by Gasteiger charge is -2.07. The summed E-state index contributed by atoms with van der Waals surface area (Å²) in [5.41, 5.74) is 6.53. The minimum Gasteiger partial charge on any atom is -0.493 e. The van der Waals surface area contributed by atoms with Crippen molar-refractivity contribution in [3.8, 4) is 5.75 Å². The van der Waals surface area contributed by atoms with Crippen molar-refractivity contribution in [2.45, 2.75) is 20.3 Å². The summed E-state index contributed by atoms with van der Waals surface area (Å²) in [6.45, 7) is 3.63. The summed E-state index contributed by atoms with van der Waals surface area (Å²) < 4.78 is 5.32. The molecule has 0 saturated heterocycles. The molecule has 1 aromatic rings. The van der Waals surface area contributed by atoms with E-state index in [0.717, 1.165) is 5.56 Å². The molecular formula is C12H15NO3. The number of hydrogen-bond acceptors (Lipinski definition) is 3. The fourth-order valence-corrected chi connectivity index (χ4v) is 1.39. The van der Waals surface area contributed by atoms with Crippen LogP contribution in [0.3, 0.4) is 0 Å². The van der Waals surface area contributed by atoms with Crippen LogP contribution in [0.1, 0.15) is 29.3 Å². The van der Waals surface area contributed by atoms with Crippen LogP contribution >= 0.6 is 0 Å². The molecule has 0 bridgehead atoms. The minimum absolute atomic E-state index is 0.0289. The Hall–Kier alpha value is -1.84. The minimum atomic E-state index is -0.392. The van der Waals surface area contributed by atoms with Crippen LogP contribution in [0, 0.1) is 6.92 Å². The molecule has 4 nitrogen and oxygen atoms in total. The molecule has 2 N–H and O–H groups in total. The molecule has 0 aromatic heterocycles. The fourth-order valence-electron chi connectivity index (χ4n) is 1.39. The van der Waals surface area contributed by atoms with Crippen molar-refractivity contribution in [2.75, 3.05) is 6.61 Å². The first-order chi connectivity index (χ1) is 7.50. The third-order valence-electron chi connectivity index (χ3n) is 2.19. The molecule has 0 fully saturated rings. The largest absolute Gasteiger partial charge is 0.493 e. The molecular weight excluding hydrogens is 206 g/mol. The Morgan fingerprint density at radius 2 is 2.06 bits per heavy atom. The molecule has 0 unspecified atom stereocenters. The van der Waals surface area contributed by atoms with E-state index in [1.807, 2.05) is 6.92 Å². The number of nitrogens with two attached hydrogens (primary N) is 1. The lowest BCUT2D eigenvalue weighted by molar-refractivity contribution is -0.118. The average molecular weight is 221 g/mol. The molecule has 0 aliphatic carbocycles. The molecule has 16 heavy (non-hydrogen) atoms. The molecule has 1 aromatic carbocycles. The third-order valence-corrected chi connectivity index (χ3v) is 2.19. The van der Waals surface area contributed by atoms with Crippen molar-refractivity contribution in [2.24, 2.45) is 5.73 Å². The summed E-state index contributed by atoms with van der Waals surface area (Å²) in [7, 11) is 0. The number of benzene rings is 1. The second kappa shape index (κ2) is 5.30. The van der Waals surface area contributed by atoms with Crippen molar-refractivity contribution in [3.63, 3.8) is 0 Å². The number of aryl methyl sites for hydroxylation is 1. The quantitative estimate of drug-likeness (QED) is 0.765. The third kappa shape index (κ3) is 3.38. The Balaban J connectivity index is 2.66.